The highest BCUT2D eigenvalue weighted by molar-refractivity contribution is 6.32. The number of hydrogen-bond acceptors (Lipinski definition) is 4. The average Bonchev–Trinajstić information content (AvgIpc) is 2.56. The summed E-state index contributed by atoms with van der Waals surface area (Å²) < 4.78 is 10.7. The molecule has 0 fully saturated rings. The van der Waals surface area contributed by atoms with Gasteiger partial charge in [0.05, 0.1) is 17.5 Å². The van der Waals surface area contributed by atoms with Crippen molar-refractivity contribution >= 4 is 34.2 Å². The first kappa shape index (κ1) is 17.0. The van der Waals surface area contributed by atoms with Crippen molar-refractivity contribution in [3.8, 4) is 5.75 Å². The molecule has 5 nitrogen and oxygen atoms in total. The first-order valence-corrected chi connectivity index (χ1v) is 7.97. The highest BCUT2D eigenvalue weighted by atomic mass is 35.5. The Bertz CT molecular complexity index is 1040. The fraction of sp³-hybridized carbons (Fsp3) is 0.158. The average molecular weight is 358 g/mol. The number of benzene rings is 2. The fourth-order valence-electron chi connectivity index (χ4n) is 2.46. The number of anilines is 1. The molecule has 0 bridgehead atoms. The van der Waals surface area contributed by atoms with Crippen LogP contribution in [0.3, 0.4) is 0 Å². The van der Waals surface area contributed by atoms with Gasteiger partial charge in [-0.2, -0.15) is 0 Å². The second-order valence-electron chi connectivity index (χ2n) is 5.71. The third-order valence-corrected chi connectivity index (χ3v) is 4.27. The second kappa shape index (κ2) is 6.61. The van der Waals surface area contributed by atoms with Crippen molar-refractivity contribution in [3.63, 3.8) is 0 Å². The van der Waals surface area contributed by atoms with Crippen molar-refractivity contribution in [2.45, 2.75) is 13.8 Å². The van der Waals surface area contributed by atoms with E-state index < -0.39 is 5.91 Å². The van der Waals surface area contributed by atoms with Gasteiger partial charge in [-0.15, -0.1) is 0 Å². The molecular weight excluding hydrogens is 342 g/mol. The lowest BCUT2D eigenvalue weighted by atomic mass is 10.1. The van der Waals surface area contributed by atoms with Crippen molar-refractivity contribution in [3.05, 3.63) is 68.5 Å². The van der Waals surface area contributed by atoms with Crippen molar-refractivity contribution in [1.29, 1.82) is 0 Å². The van der Waals surface area contributed by atoms with Crippen LogP contribution in [-0.2, 0) is 0 Å². The summed E-state index contributed by atoms with van der Waals surface area (Å²) in [6, 6.07) is 9.56. The van der Waals surface area contributed by atoms with E-state index in [1.807, 2.05) is 13.8 Å². The van der Waals surface area contributed by atoms with Crippen LogP contribution in [0.4, 0.5) is 5.69 Å². The van der Waals surface area contributed by atoms with E-state index in [0.29, 0.717) is 27.4 Å². The van der Waals surface area contributed by atoms with Gasteiger partial charge >= 0.3 is 0 Å². The summed E-state index contributed by atoms with van der Waals surface area (Å²) in [5.74, 6) is -0.0890. The number of rotatable bonds is 3. The molecule has 1 aromatic heterocycles. The summed E-state index contributed by atoms with van der Waals surface area (Å²) in [4.78, 5) is 24.7. The Morgan fingerprint density at radius 3 is 2.52 bits per heavy atom. The number of carbonyl (C=O) groups is 1. The maximum Gasteiger partial charge on any atom is 0.291 e. The largest absolute Gasteiger partial charge is 0.495 e. The van der Waals surface area contributed by atoms with E-state index in [9.17, 15) is 9.59 Å². The molecule has 0 unspecified atom stereocenters. The summed E-state index contributed by atoms with van der Waals surface area (Å²) in [5.41, 5.74) is 2.56. The Hall–Kier alpha value is -2.79. The van der Waals surface area contributed by atoms with Gasteiger partial charge in [-0.25, -0.2) is 0 Å². The maximum absolute atomic E-state index is 12.4. The number of hydrogen-bond donors (Lipinski definition) is 1. The van der Waals surface area contributed by atoms with E-state index in [-0.39, 0.29) is 11.2 Å². The van der Waals surface area contributed by atoms with Gasteiger partial charge in [-0.1, -0.05) is 11.6 Å². The lowest BCUT2D eigenvalue weighted by Crippen LogP contribution is -2.15. The van der Waals surface area contributed by atoms with Crippen LogP contribution >= 0.6 is 11.6 Å². The predicted octanol–water partition coefficient (Wildman–Crippen LogP) is 4.32. The smallest absolute Gasteiger partial charge is 0.291 e. The maximum atomic E-state index is 12.4. The van der Waals surface area contributed by atoms with Crippen molar-refractivity contribution < 1.29 is 13.9 Å². The predicted molar refractivity (Wildman–Crippen MR) is 97.9 cm³/mol. The van der Waals surface area contributed by atoms with E-state index in [0.717, 1.165) is 11.1 Å². The molecule has 3 aromatic rings. The molecule has 3 rings (SSSR count). The first-order chi connectivity index (χ1) is 11.9. The Kier molecular flexibility index (Phi) is 4.51. The van der Waals surface area contributed by atoms with Gasteiger partial charge in [0, 0.05) is 11.8 Å². The normalized spacial score (nSPS) is 10.7. The van der Waals surface area contributed by atoms with Gasteiger partial charge < -0.3 is 14.5 Å². The number of fused-ring (bicyclic) bond motifs is 1. The Morgan fingerprint density at radius 1 is 1.12 bits per heavy atom. The molecule has 0 radical (unpaired) electrons. The van der Waals surface area contributed by atoms with E-state index in [2.05, 4.69) is 5.32 Å². The zero-order valence-electron chi connectivity index (χ0n) is 14.0. The van der Waals surface area contributed by atoms with Gasteiger partial charge in [0.1, 0.15) is 11.3 Å². The molecule has 0 aliphatic heterocycles. The molecule has 1 heterocycles. The molecule has 1 N–H and O–H groups in total. The quantitative estimate of drug-likeness (QED) is 0.757. The molecule has 0 saturated carbocycles. The minimum atomic E-state index is -0.529. The van der Waals surface area contributed by atoms with Crippen LogP contribution in [0.2, 0.25) is 5.02 Å². The summed E-state index contributed by atoms with van der Waals surface area (Å²) in [5, 5.41) is 3.47. The summed E-state index contributed by atoms with van der Waals surface area (Å²) >= 11 is 6.04. The Morgan fingerprint density at radius 2 is 1.84 bits per heavy atom. The zero-order chi connectivity index (χ0) is 18.1. The number of nitrogens with one attached hydrogen (secondary N) is 1. The lowest BCUT2D eigenvalue weighted by Gasteiger charge is -2.08. The van der Waals surface area contributed by atoms with Crippen LogP contribution in [0.5, 0.6) is 5.75 Å². The standard InChI is InChI=1S/C19H16ClNO4/c1-10-6-13-15(22)9-18(25-17(13)7-11(10)2)19(23)21-12-4-5-16(24-3)14(20)8-12/h4-9H,1-3H3,(H,21,23). The summed E-state index contributed by atoms with van der Waals surface area (Å²) in [6.07, 6.45) is 0. The molecule has 2 aromatic carbocycles. The zero-order valence-corrected chi connectivity index (χ0v) is 14.7. The summed E-state index contributed by atoms with van der Waals surface area (Å²) in [7, 11) is 1.51. The van der Waals surface area contributed by atoms with Crippen LogP contribution in [-0.4, -0.2) is 13.0 Å². The van der Waals surface area contributed by atoms with Crippen molar-refractivity contribution in [1.82, 2.24) is 0 Å². The molecule has 1 amide bonds. The third-order valence-electron chi connectivity index (χ3n) is 3.98. The first-order valence-electron chi connectivity index (χ1n) is 7.59. The lowest BCUT2D eigenvalue weighted by molar-refractivity contribution is 0.0997. The molecular formula is C19H16ClNO4. The van der Waals surface area contributed by atoms with Crippen LogP contribution in [0, 0.1) is 13.8 Å². The van der Waals surface area contributed by atoms with E-state index in [1.165, 1.54) is 13.2 Å². The van der Waals surface area contributed by atoms with Crippen LogP contribution < -0.4 is 15.5 Å². The highest BCUT2D eigenvalue weighted by Crippen LogP contribution is 2.27. The Balaban J connectivity index is 1.96. The van der Waals surface area contributed by atoms with Gasteiger partial charge in [0.2, 0.25) is 0 Å². The SMILES string of the molecule is COc1ccc(NC(=O)c2cc(=O)c3cc(C)c(C)cc3o2)cc1Cl. The Labute approximate surface area is 149 Å². The minimum absolute atomic E-state index is 0.0623. The van der Waals surface area contributed by atoms with Crippen molar-refractivity contribution in [2.75, 3.05) is 12.4 Å². The number of methoxy groups -OCH3 is 1. The molecule has 0 aliphatic rings. The molecule has 6 heteroatoms. The fourth-order valence-corrected chi connectivity index (χ4v) is 2.72. The molecule has 0 aliphatic carbocycles. The van der Waals surface area contributed by atoms with Gasteiger partial charge in [0.15, 0.2) is 11.2 Å². The number of carbonyl (C=O) groups excluding carboxylic acids is 1. The molecule has 25 heavy (non-hydrogen) atoms. The van der Waals surface area contributed by atoms with E-state index in [4.69, 9.17) is 20.8 Å². The van der Waals surface area contributed by atoms with Crippen molar-refractivity contribution in [2.24, 2.45) is 0 Å². The van der Waals surface area contributed by atoms with Crippen LogP contribution in [0.15, 0.2) is 45.6 Å². The minimum Gasteiger partial charge on any atom is -0.495 e. The van der Waals surface area contributed by atoms with Crippen LogP contribution in [0.25, 0.3) is 11.0 Å². The monoisotopic (exact) mass is 357 g/mol. The van der Waals surface area contributed by atoms with E-state index in [1.54, 1.807) is 30.3 Å². The molecule has 128 valence electrons. The molecule has 0 spiro atoms. The topological polar surface area (TPSA) is 68.5 Å². The van der Waals surface area contributed by atoms with Crippen LogP contribution in [0.1, 0.15) is 21.7 Å². The second-order valence-corrected chi connectivity index (χ2v) is 6.12. The number of ether oxygens (including phenoxy) is 1. The molecule has 0 saturated heterocycles. The number of halogens is 1. The number of aryl methyl sites for hydroxylation is 2. The van der Waals surface area contributed by atoms with E-state index >= 15 is 0 Å². The number of amides is 1. The van der Waals surface area contributed by atoms with Gasteiger partial charge in [0.25, 0.3) is 5.91 Å². The molecule has 0 atom stereocenters. The third kappa shape index (κ3) is 3.37. The summed E-state index contributed by atoms with van der Waals surface area (Å²) in [6.45, 7) is 3.84. The highest BCUT2D eigenvalue weighted by Gasteiger charge is 2.14. The van der Waals surface area contributed by atoms with Gasteiger partial charge in [-0.3, -0.25) is 9.59 Å². The van der Waals surface area contributed by atoms with Gasteiger partial charge in [-0.05, 0) is 55.3 Å².